The number of aryl methyl sites for hydroxylation is 2. The van der Waals surface area contributed by atoms with Crippen LogP contribution >= 0.6 is 11.3 Å². The van der Waals surface area contributed by atoms with Crippen LogP contribution in [0.1, 0.15) is 54.6 Å². The summed E-state index contributed by atoms with van der Waals surface area (Å²) in [6, 6.07) is 0.328. The summed E-state index contributed by atoms with van der Waals surface area (Å²) in [6.07, 6.45) is 4.97. The highest BCUT2D eigenvalue weighted by Crippen LogP contribution is 2.20. The van der Waals surface area contributed by atoms with Crippen LogP contribution in [0.5, 0.6) is 0 Å². The van der Waals surface area contributed by atoms with Crippen molar-refractivity contribution in [2.75, 3.05) is 7.05 Å². The first-order valence-electron chi connectivity index (χ1n) is 8.93. The van der Waals surface area contributed by atoms with Crippen molar-refractivity contribution in [1.82, 2.24) is 30.4 Å². The fourth-order valence-electron chi connectivity index (χ4n) is 3.03. The fraction of sp³-hybridized carbons (Fsp3) is 0.647. The predicted octanol–water partition coefficient (Wildman–Crippen LogP) is 2.10. The van der Waals surface area contributed by atoms with Crippen molar-refractivity contribution in [2.24, 2.45) is 4.99 Å². The molecule has 2 aromatic rings. The molecule has 2 N–H and O–H groups in total. The fourth-order valence-corrected chi connectivity index (χ4v) is 3.84. The lowest BCUT2D eigenvalue weighted by Crippen LogP contribution is -2.46. The Labute approximate surface area is 153 Å². The minimum atomic E-state index is 0.328. The molecule has 0 fully saturated rings. The van der Waals surface area contributed by atoms with Crippen molar-refractivity contribution in [3.63, 3.8) is 0 Å². The van der Waals surface area contributed by atoms with Gasteiger partial charge in [0.25, 0.3) is 0 Å². The zero-order valence-corrected chi connectivity index (χ0v) is 16.2. The molecule has 0 radical (unpaired) electrons. The number of nitrogens with one attached hydrogen (secondary N) is 2. The van der Waals surface area contributed by atoms with Crippen LogP contribution in [0.15, 0.2) is 11.2 Å². The Bertz CT molecular complexity index is 731. The molecule has 0 aliphatic carbocycles. The maximum atomic E-state index is 4.45. The lowest BCUT2D eigenvalue weighted by atomic mass is 10.1. The Morgan fingerprint density at radius 1 is 1.44 bits per heavy atom. The average Bonchev–Trinajstić information content (AvgIpc) is 3.24. The molecular weight excluding hydrogens is 334 g/mol. The number of hydrogen-bond acceptors (Lipinski definition) is 5. The first kappa shape index (κ1) is 17.8. The number of nitrogens with zero attached hydrogens (tertiary/aromatic N) is 5. The van der Waals surface area contributed by atoms with Crippen molar-refractivity contribution in [1.29, 1.82) is 0 Å². The SMILES string of the molecule is CCc1cnc(CNC(=NC)NC2CCc3nnc(C(C)C)n3C2)s1. The standard InChI is InChI=1S/C17H27N7S/c1-5-13-8-19-15(25-13)9-20-17(18-4)21-12-6-7-14-22-23-16(11(2)3)24(14)10-12/h8,11-12H,5-7,9-10H2,1-4H3,(H2,18,20,21). The summed E-state index contributed by atoms with van der Waals surface area (Å²) >= 11 is 1.75. The van der Waals surface area contributed by atoms with Gasteiger partial charge in [0, 0.05) is 43.0 Å². The summed E-state index contributed by atoms with van der Waals surface area (Å²) in [4.78, 5) is 10.1. The number of thiazole rings is 1. The number of hydrogen-bond donors (Lipinski definition) is 2. The van der Waals surface area contributed by atoms with Gasteiger partial charge in [0.05, 0.1) is 6.54 Å². The minimum absolute atomic E-state index is 0.328. The molecule has 0 bridgehead atoms. The van der Waals surface area contributed by atoms with E-state index in [1.165, 1.54) is 4.88 Å². The molecule has 1 unspecified atom stereocenters. The van der Waals surface area contributed by atoms with Crippen LogP contribution in [0.2, 0.25) is 0 Å². The van der Waals surface area contributed by atoms with E-state index in [2.05, 4.69) is 56.1 Å². The van der Waals surface area contributed by atoms with Crippen molar-refractivity contribution < 1.29 is 0 Å². The Kier molecular flexibility index (Phi) is 5.67. The topological polar surface area (TPSA) is 80.0 Å². The number of aromatic nitrogens is 4. The van der Waals surface area contributed by atoms with Gasteiger partial charge in [-0.05, 0) is 12.8 Å². The Morgan fingerprint density at radius 3 is 2.96 bits per heavy atom. The zero-order valence-electron chi connectivity index (χ0n) is 15.4. The molecule has 2 aromatic heterocycles. The summed E-state index contributed by atoms with van der Waals surface area (Å²) in [6.45, 7) is 8.06. The summed E-state index contributed by atoms with van der Waals surface area (Å²) < 4.78 is 2.26. The molecule has 0 aromatic carbocycles. The van der Waals surface area contributed by atoms with E-state index < -0.39 is 0 Å². The third-order valence-corrected chi connectivity index (χ3v) is 5.55. The van der Waals surface area contributed by atoms with Gasteiger partial charge < -0.3 is 15.2 Å². The first-order valence-corrected chi connectivity index (χ1v) is 9.75. The van der Waals surface area contributed by atoms with E-state index >= 15 is 0 Å². The van der Waals surface area contributed by atoms with Crippen molar-refractivity contribution >= 4 is 17.3 Å². The van der Waals surface area contributed by atoms with E-state index in [0.717, 1.165) is 48.4 Å². The molecule has 0 amide bonds. The number of guanidine groups is 1. The maximum Gasteiger partial charge on any atom is 0.191 e. The van der Waals surface area contributed by atoms with E-state index in [9.17, 15) is 0 Å². The highest BCUT2D eigenvalue weighted by atomic mass is 32.1. The smallest absolute Gasteiger partial charge is 0.191 e. The molecule has 0 saturated heterocycles. The highest BCUT2D eigenvalue weighted by molar-refractivity contribution is 7.11. The summed E-state index contributed by atoms with van der Waals surface area (Å²) in [7, 11) is 1.81. The summed E-state index contributed by atoms with van der Waals surface area (Å²) in [5.74, 6) is 3.37. The second-order valence-electron chi connectivity index (χ2n) is 6.62. The van der Waals surface area contributed by atoms with Crippen LogP contribution in [0.25, 0.3) is 0 Å². The van der Waals surface area contributed by atoms with Gasteiger partial charge in [0.1, 0.15) is 16.7 Å². The van der Waals surface area contributed by atoms with Crippen molar-refractivity contribution in [2.45, 2.75) is 65.1 Å². The third-order valence-electron chi connectivity index (χ3n) is 4.41. The summed E-state index contributed by atoms with van der Waals surface area (Å²) in [5.41, 5.74) is 0. The molecule has 8 heteroatoms. The number of rotatable bonds is 5. The quantitative estimate of drug-likeness (QED) is 0.630. The predicted molar refractivity (Wildman–Crippen MR) is 101 cm³/mol. The van der Waals surface area contributed by atoms with Crippen LogP contribution in [0, 0.1) is 0 Å². The van der Waals surface area contributed by atoms with Crippen LogP contribution in [-0.4, -0.2) is 38.8 Å². The van der Waals surface area contributed by atoms with Gasteiger partial charge >= 0.3 is 0 Å². The van der Waals surface area contributed by atoms with Gasteiger partial charge in [-0.1, -0.05) is 20.8 Å². The normalized spacial score (nSPS) is 17.6. The molecule has 0 spiro atoms. The Morgan fingerprint density at radius 2 is 2.28 bits per heavy atom. The molecular formula is C17H27N7S. The van der Waals surface area contributed by atoms with Crippen molar-refractivity contribution in [3.05, 3.63) is 27.7 Å². The summed E-state index contributed by atoms with van der Waals surface area (Å²) in [5, 5.41) is 16.7. The molecule has 1 aliphatic heterocycles. The van der Waals surface area contributed by atoms with Crippen LogP contribution in [0.4, 0.5) is 0 Å². The van der Waals surface area contributed by atoms with Gasteiger partial charge in [0.2, 0.25) is 0 Å². The monoisotopic (exact) mass is 361 g/mol. The molecule has 136 valence electrons. The van der Waals surface area contributed by atoms with Gasteiger partial charge in [-0.2, -0.15) is 0 Å². The van der Waals surface area contributed by atoms with E-state index in [1.807, 2.05) is 6.20 Å². The van der Waals surface area contributed by atoms with Crippen LogP contribution in [0.3, 0.4) is 0 Å². The third kappa shape index (κ3) is 4.18. The Hall–Kier alpha value is -1.96. The van der Waals surface area contributed by atoms with E-state index in [0.29, 0.717) is 18.5 Å². The average molecular weight is 362 g/mol. The highest BCUT2D eigenvalue weighted by Gasteiger charge is 2.24. The van der Waals surface area contributed by atoms with Gasteiger partial charge in [0.15, 0.2) is 5.96 Å². The van der Waals surface area contributed by atoms with E-state index in [-0.39, 0.29) is 0 Å². The van der Waals surface area contributed by atoms with E-state index in [1.54, 1.807) is 18.4 Å². The molecule has 0 saturated carbocycles. The first-order chi connectivity index (χ1) is 12.1. The number of fused-ring (bicyclic) bond motifs is 1. The second kappa shape index (κ2) is 7.95. The van der Waals surface area contributed by atoms with Gasteiger partial charge in [-0.15, -0.1) is 21.5 Å². The van der Waals surface area contributed by atoms with Gasteiger partial charge in [-0.25, -0.2) is 4.98 Å². The van der Waals surface area contributed by atoms with Crippen LogP contribution < -0.4 is 10.6 Å². The molecule has 1 aliphatic rings. The Balaban J connectivity index is 1.58. The lowest BCUT2D eigenvalue weighted by Gasteiger charge is -2.27. The second-order valence-corrected chi connectivity index (χ2v) is 7.82. The zero-order chi connectivity index (χ0) is 17.8. The molecule has 7 nitrogen and oxygen atoms in total. The molecule has 25 heavy (non-hydrogen) atoms. The minimum Gasteiger partial charge on any atom is -0.352 e. The lowest BCUT2D eigenvalue weighted by molar-refractivity contribution is 0.407. The van der Waals surface area contributed by atoms with E-state index in [4.69, 9.17) is 0 Å². The molecule has 3 rings (SSSR count). The maximum absolute atomic E-state index is 4.45. The number of aliphatic imine (C=N–C) groups is 1. The van der Waals surface area contributed by atoms with Crippen LogP contribution in [-0.2, 0) is 25.9 Å². The van der Waals surface area contributed by atoms with Gasteiger partial charge in [-0.3, -0.25) is 4.99 Å². The molecule has 3 heterocycles. The van der Waals surface area contributed by atoms with Crippen molar-refractivity contribution in [3.8, 4) is 0 Å². The molecule has 1 atom stereocenters. The largest absolute Gasteiger partial charge is 0.352 e.